The molecule has 0 unspecified atom stereocenters. The Morgan fingerprint density at radius 2 is 1.12 bits per heavy atom. The maximum absolute atomic E-state index is 2.41. The zero-order chi connectivity index (χ0) is 17.6. The van der Waals surface area contributed by atoms with Gasteiger partial charge in [0.05, 0.1) is 0 Å². The maximum atomic E-state index is 2.41. The van der Waals surface area contributed by atoms with Gasteiger partial charge >= 0.3 is 0 Å². The molecule has 0 radical (unpaired) electrons. The van der Waals surface area contributed by atoms with E-state index in [4.69, 9.17) is 0 Å². The fraction of sp³-hybridized carbons (Fsp3) is 0.625. The van der Waals surface area contributed by atoms with Crippen molar-refractivity contribution in [3.63, 3.8) is 0 Å². The summed E-state index contributed by atoms with van der Waals surface area (Å²) in [5.41, 5.74) is 1.36. The van der Waals surface area contributed by atoms with E-state index < -0.39 is 0 Å². The number of nitrogens with zero attached hydrogens (tertiary/aromatic N) is 1. The normalized spacial score (nSPS) is 10.8. The predicted molar refractivity (Wildman–Crippen MR) is 110 cm³/mol. The minimum Gasteiger partial charge on any atom is -1.00 e. The Labute approximate surface area is 172 Å². The van der Waals surface area contributed by atoms with Crippen LogP contribution in [0.1, 0.15) is 90.4 Å². The van der Waals surface area contributed by atoms with E-state index in [1.54, 1.807) is 0 Å². The standard InChI is InChI=1S/C24H38N.BrH/c1-2-3-4-5-6-7-8-9-10-11-12-13-16-21-25-22-17-19-23-18-14-15-20-24(23)25;/h14-15,17-20,22H,2-13,16,21H2,1H3;1H/q+1;/p-1. The fourth-order valence-electron chi connectivity index (χ4n) is 3.72. The molecular formula is C24H38BrN. The van der Waals surface area contributed by atoms with E-state index in [1.807, 2.05) is 0 Å². The number of hydrogen-bond donors (Lipinski definition) is 0. The largest absolute Gasteiger partial charge is 1.00 e. The smallest absolute Gasteiger partial charge is 0.212 e. The van der Waals surface area contributed by atoms with Crippen molar-refractivity contribution in [2.24, 2.45) is 0 Å². The Morgan fingerprint density at radius 3 is 1.73 bits per heavy atom. The van der Waals surface area contributed by atoms with Crippen molar-refractivity contribution in [3.05, 3.63) is 42.6 Å². The Morgan fingerprint density at radius 1 is 0.615 bits per heavy atom. The lowest BCUT2D eigenvalue weighted by molar-refractivity contribution is -0.671. The van der Waals surface area contributed by atoms with Crippen molar-refractivity contribution in [2.75, 3.05) is 0 Å². The first-order chi connectivity index (χ1) is 12.4. The summed E-state index contributed by atoms with van der Waals surface area (Å²) in [5.74, 6) is 0. The van der Waals surface area contributed by atoms with E-state index in [-0.39, 0.29) is 17.0 Å². The lowest BCUT2D eigenvalue weighted by atomic mass is 10.0. The average Bonchev–Trinajstić information content (AvgIpc) is 2.65. The SMILES string of the molecule is CCCCCCCCCCCCCCC[n+]1cccc2ccccc21.[Br-]. The zero-order valence-electron chi connectivity index (χ0n) is 16.8. The molecule has 0 saturated carbocycles. The molecule has 1 nitrogen and oxygen atoms in total. The van der Waals surface area contributed by atoms with Crippen LogP contribution in [-0.2, 0) is 6.54 Å². The van der Waals surface area contributed by atoms with E-state index in [9.17, 15) is 0 Å². The van der Waals surface area contributed by atoms with E-state index in [2.05, 4.69) is 54.1 Å². The number of benzene rings is 1. The quantitative estimate of drug-likeness (QED) is 0.318. The molecule has 0 saturated heterocycles. The first kappa shape index (κ1) is 23.1. The van der Waals surface area contributed by atoms with Gasteiger partial charge in [-0.1, -0.05) is 89.7 Å². The Kier molecular flexibility index (Phi) is 13.5. The van der Waals surface area contributed by atoms with Crippen LogP contribution in [-0.4, -0.2) is 0 Å². The summed E-state index contributed by atoms with van der Waals surface area (Å²) in [4.78, 5) is 0. The van der Waals surface area contributed by atoms with Crippen LogP contribution < -0.4 is 21.5 Å². The molecule has 0 N–H and O–H groups in total. The Hall–Kier alpha value is -0.890. The molecule has 0 amide bonds. The first-order valence-corrected chi connectivity index (χ1v) is 10.8. The second-order valence-corrected chi connectivity index (χ2v) is 7.50. The third kappa shape index (κ3) is 9.16. The van der Waals surface area contributed by atoms with E-state index in [0.29, 0.717) is 0 Å². The lowest BCUT2D eigenvalue weighted by Crippen LogP contribution is -3.00. The summed E-state index contributed by atoms with van der Waals surface area (Å²) < 4.78 is 2.41. The molecule has 0 aliphatic rings. The number of hydrogen-bond acceptors (Lipinski definition) is 0. The van der Waals surface area contributed by atoms with Gasteiger partial charge in [-0.2, -0.15) is 4.57 Å². The molecule has 0 aliphatic heterocycles. The molecular weight excluding hydrogens is 382 g/mol. The lowest BCUT2D eigenvalue weighted by Gasteiger charge is -2.03. The third-order valence-corrected chi connectivity index (χ3v) is 5.29. The molecule has 2 heteroatoms. The van der Waals surface area contributed by atoms with Crippen LogP contribution in [0.5, 0.6) is 0 Å². The minimum absolute atomic E-state index is 0. The molecule has 146 valence electrons. The van der Waals surface area contributed by atoms with Crippen LogP contribution in [0.25, 0.3) is 10.9 Å². The molecule has 0 bridgehead atoms. The minimum atomic E-state index is 0. The molecule has 0 fully saturated rings. The van der Waals surface area contributed by atoms with Crippen LogP contribution >= 0.6 is 0 Å². The van der Waals surface area contributed by atoms with E-state index in [0.717, 1.165) is 6.54 Å². The highest BCUT2D eigenvalue weighted by atomic mass is 79.9. The van der Waals surface area contributed by atoms with Gasteiger partial charge in [0.25, 0.3) is 0 Å². The van der Waals surface area contributed by atoms with Gasteiger partial charge in [0.15, 0.2) is 6.20 Å². The third-order valence-electron chi connectivity index (χ3n) is 5.29. The molecule has 1 heterocycles. The second kappa shape index (κ2) is 15.2. The molecule has 1 aromatic carbocycles. The van der Waals surface area contributed by atoms with Gasteiger partial charge in [0.2, 0.25) is 5.52 Å². The number of pyridine rings is 1. The summed E-state index contributed by atoms with van der Waals surface area (Å²) in [6.45, 7) is 3.44. The number of rotatable bonds is 14. The second-order valence-electron chi connectivity index (χ2n) is 7.50. The molecule has 0 spiro atoms. The van der Waals surface area contributed by atoms with E-state index in [1.165, 1.54) is 94.4 Å². The number of fused-ring (bicyclic) bond motifs is 1. The topological polar surface area (TPSA) is 3.88 Å². The summed E-state index contributed by atoms with van der Waals surface area (Å²) >= 11 is 0. The van der Waals surface area contributed by atoms with Gasteiger partial charge in [0, 0.05) is 23.9 Å². The van der Waals surface area contributed by atoms with Gasteiger partial charge < -0.3 is 17.0 Å². The van der Waals surface area contributed by atoms with Gasteiger partial charge in [0.1, 0.15) is 6.54 Å². The highest BCUT2D eigenvalue weighted by molar-refractivity contribution is 5.74. The highest BCUT2D eigenvalue weighted by Crippen LogP contribution is 2.13. The van der Waals surface area contributed by atoms with Gasteiger partial charge in [-0.25, -0.2) is 0 Å². The molecule has 1 aromatic heterocycles. The number of unbranched alkanes of at least 4 members (excludes halogenated alkanes) is 12. The molecule has 2 aromatic rings. The fourth-order valence-corrected chi connectivity index (χ4v) is 3.72. The molecule has 2 rings (SSSR count). The number of aromatic nitrogens is 1. The predicted octanol–water partition coefficient (Wildman–Crippen LogP) is 4.22. The summed E-state index contributed by atoms with van der Waals surface area (Å²) in [5, 5.41) is 1.35. The average molecular weight is 420 g/mol. The van der Waals surface area contributed by atoms with Crippen LogP contribution in [0.4, 0.5) is 0 Å². The number of para-hydroxylation sites is 1. The number of aryl methyl sites for hydroxylation is 1. The van der Waals surface area contributed by atoms with Gasteiger partial charge in [-0.3, -0.25) is 0 Å². The van der Waals surface area contributed by atoms with Crippen molar-refractivity contribution in [2.45, 2.75) is 96.9 Å². The summed E-state index contributed by atoms with van der Waals surface area (Å²) in [7, 11) is 0. The van der Waals surface area contributed by atoms with E-state index >= 15 is 0 Å². The Balaban J connectivity index is 0.00000338. The van der Waals surface area contributed by atoms with Crippen LogP contribution in [0.3, 0.4) is 0 Å². The van der Waals surface area contributed by atoms with Crippen molar-refractivity contribution in [1.29, 1.82) is 0 Å². The zero-order valence-corrected chi connectivity index (χ0v) is 18.4. The number of halogens is 1. The maximum Gasteiger partial charge on any atom is 0.212 e. The molecule has 0 atom stereocenters. The molecule has 26 heavy (non-hydrogen) atoms. The monoisotopic (exact) mass is 419 g/mol. The van der Waals surface area contributed by atoms with Crippen LogP contribution in [0.2, 0.25) is 0 Å². The van der Waals surface area contributed by atoms with Crippen LogP contribution in [0, 0.1) is 0 Å². The van der Waals surface area contributed by atoms with Gasteiger partial charge in [-0.15, -0.1) is 0 Å². The Bertz CT molecular complexity index is 576. The summed E-state index contributed by atoms with van der Waals surface area (Å²) in [6, 6.07) is 13.1. The summed E-state index contributed by atoms with van der Waals surface area (Å²) in [6.07, 6.45) is 20.7. The van der Waals surface area contributed by atoms with Crippen LogP contribution in [0.15, 0.2) is 42.6 Å². The van der Waals surface area contributed by atoms with Crippen molar-refractivity contribution >= 4 is 10.9 Å². The van der Waals surface area contributed by atoms with Crippen molar-refractivity contribution < 1.29 is 21.5 Å². The van der Waals surface area contributed by atoms with Crippen molar-refractivity contribution in [3.8, 4) is 0 Å². The first-order valence-electron chi connectivity index (χ1n) is 10.8. The van der Waals surface area contributed by atoms with Crippen molar-refractivity contribution in [1.82, 2.24) is 0 Å². The molecule has 0 aliphatic carbocycles. The van der Waals surface area contributed by atoms with Gasteiger partial charge in [-0.05, 0) is 18.6 Å². The highest BCUT2D eigenvalue weighted by Gasteiger charge is 2.06.